The van der Waals surface area contributed by atoms with Gasteiger partial charge in [-0.2, -0.15) is 0 Å². The van der Waals surface area contributed by atoms with Gasteiger partial charge in [-0.05, 0) is 49.9 Å². The molecule has 2 rings (SSSR count). The van der Waals surface area contributed by atoms with Crippen LogP contribution in [-0.4, -0.2) is 6.54 Å². The van der Waals surface area contributed by atoms with Crippen LogP contribution in [0, 0.1) is 23.5 Å². The molecular formula is C13H17F2N. The van der Waals surface area contributed by atoms with Crippen molar-refractivity contribution < 1.29 is 8.78 Å². The molecule has 0 spiro atoms. The minimum absolute atomic E-state index is 0.136. The molecule has 0 aliphatic heterocycles. The lowest BCUT2D eigenvalue weighted by Gasteiger charge is -2.15. The fourth-order valence-electron chi connectivity index (χ4n) is 1.97. The lowest BCUT2D eigenvalue weighted by atomic mass is 10.1. The van der Waals surface area contributed by atoms with E-state index in [0.29, 0.717) is 11.5 Å². The molecule has 1 N–H and O–H groups in total. The molecule has 0 saturated heterocycles. The molecule has 1 aliphatic rings. The van der Waals surface area contributed by atoms with Crippen LogP contribution in [0.15, 0.2) is 18.2 Å². The molecule has 1 saturated carbocycles. The predicted octanol–water partition coefficient (Wildman–Crippen LogP) is 3.27. The Hall–Kier alpha value is -0.960. The molecule has 3 heteroatoms. The van der Waals surface area contributed by atoms with E-state index >= 15 is 0 Å². The molecule has 0 bridgehead atoms. The Morgan fingerprint density at radius 3 is 2.75 bits per heavy atom. The van der Waals surface area contributed by atoms with Gasteiger partial charge in [0, 0.05) is 11.6 Å². The summed E-state index contributed by atoms with van der Waals surface area (Å²) in [6.45, 7) is 4.96. The first kappa shape index (κ1) is 11.5. The first-order valence-electron chi connectivity index (χ1n) is 5.76. The smallest absolute Gasteiger partial charge is 0.128 e. The molecule has 1 fully saturated rings. The normalized spacial score (nSPS) is 25.5. The van der Waals surface area contributed by atoms with Crippen LogP contribution in [0.25, 0.3) is 0 Å². The van der Waals surface area contributed by atoms with Crippen LogP contribution < -0.4 is 5.32 Å². The van der Waals surface area contributed by atoms with Crippen LogP contribution in [0.3, 0.4) is 0 Å². The molecule has 3 atom stereocenters. The molecule has 1 aliphatic carbocycles. The molecule has 0 aromatic heterocycles. The van der Waals surface area contributed by atoms with Crippen molar-refractivity contribution in [3.8, 4) is 0 Å². The number of nitrogens with one attached hydrogen (secondary N) is 1. The van der Waals surface area contributed by atoms with Gasteiger partial charge in [0.05, 0.1) is 0 Å². The van der Waals surface area contributed by atoms with Crippen LogP contribution in [0.1, 0.15) is 31.9 Å². The Kier molecular flexibility index (Phi) is 3.24. The second kappa shape index (κ2) is 4.50. The van der Waals surface area contributed by atoms with Crippen molar-refractivity contribution in [1.82, 2.24) is 5.32 Å². The third kappa shape index (κ3) is 2.59. The van der Waals surface area contributed by atoms with Crippen LogP contribution in [0.4, 0.5) is 8.78 Å². The van der Waals surface area contributed by atoms with Gasteiger partial charge in [0.25, 0.3) is 0 Å². The maximum absolute atomic E-state index is 13.4. The lowest BCUT2D eigenvalue weighted by Crippen LogP contribution is -2.22. The third-order valence-electron chi connectivity index (χ3n) is 3.39. The zero-order valence-corrected chi connectivity index (χ0v) is 9.63. The molecule has 3 unspecified atom stereocenters. The fourth-order valence-corrected chi connectivity index (χ4v) is 1.97. The summed E-state index contributed by atoms with van der Waals surface area (Å²) in [6, 6.07) is 3.46. The largest absolute Gasteiger partial charge is 0.310 e. The summed E-state index contributed by atoms with van der Waals surface area (Å²) in [6.07, 6.45) is 1.24. The lowest BCUT2D eigenvalue weighted by molar-refractivity contribution is 0.500. The standard InChI is InChI=1S/C13H17F2N/c1-8-5-10(8)7-16-9(2)12-6-11(14)3-4-13(12)15/h3-4,6,8-10,16H,5,7H2,1-2H3. The highest BCUT2D eigenvalue weighted by molar-refractivity contribution is 5.21. The average molecular weight is 225 g/mol. The fraction of sp³-hybridized carbons (Fsp3) is 0.538. The van der Waals surface area contributed by atoms with Crippen LogP contribution in [0.2, 0.25) is 0 Å². The van der Waals surface area contributed by atoms with Gasteiger partial charge in [0.1, 0.15) is 11.6 Å². The molecule has 0 heterocycles. The maximum atomic E-state index is 13.4. The van der Waals surface area contributed by atoms with Crippen molar-refractivity contribution in [2.45, 2.75) is 26.3 Å². The summed E-state index contributed by atoms with van der Waals surface area (Å²) in [5, 5.41) is 3.25. The predicted molar refractivity (Wildman–Crippen MR) is 60.0 cm³/mol. The SMILES string of the molecule is CC(NCC1CC1C)c1cc(F)ccc1F. The highest BCUT2D eigenvalue weighted by Crippen LogP contribution is 2.37. The highest BCUT2D eigenvalue weighted by Gasteiger charge is 2.32. The number of benzene rings is 1. The van der Waals surface area contributed by atoms with Gasteiger partial charge >= 0.3 is 0 Å². The Bertz CT molecular complexity index is 378. The van der Waals surface area contributed by atoms with Crippen LogP contribution in [-0.2, 0) is 0 Å². The van der Waals surface area contributed by atoms with E-state index in [4.69, 9.17) is 0 Å². The number of hydrogen-bond donors (Lipinski definition) is 1. The second-order valence-electron chi connectivity index (χ2n) is 4.77. The minimum atomic E-state index is -0.384. The first-order chi connectivity index (χ1) is 7.58. The molecular weight excluding hydrogens is 208 g/mol. The Balaban J connectivity index is 1.96. The second-order valence-corrected chi connectivity index (χ2v) is 4.77. The van der Waals surface area contributed by atoms with Crippen molar-refractivity contribution in [2.24, 2.45) is 11.8 Å². The molecule has 0 amide bonds. The molecule has 1 aromatic rings. The molecule has 1 nitrogen and oxygen atoms in total. The van der Waals surface area contributed by atoms with E-state index in [9.17, 15) is 8.78 Å². The van der Waals surface area contributed by atoms with Gasteiger partial charge < -0.3 is 5.32 Å². The van der Waals surface area contributed by atoms with E-state index in [1.807, 2.05) is 6.92 Å². The summed E-state index contributed by atoms with van der Waals surface area (Å²) < 4.78 is 26.4. The van der Waals surface area contributed by atoms with Gasteiger partial charge in [-0.1, -0.05) is 6.92 Å². The Morgan fingerprint density at radius 1 is 1.44 bits per heavy atom. The summed E-state index contributed by atoms with van der Waals surface area (Å²) in [4.78, 5) is 0. The molecule has 0 radical (unpaired) electrons. The van der Waals surface area contributed by atoms with Crippen molar-refractivity contribution in [2.75, 3.05) is 6.54 Å². The van der Waals surface area contributed by atoms with E-state index in [-0.39, 0.29) is 17.7 Å². The van der Waals surface area contributed by atoms with E-state index < -0.39 is 0 Å². The van der Waals surface area contributed by atoms with Gasteiger partial charge in [0.2, 0.25) is 0 Å². The van der Waals surface area contributed by atoms with E-state index in [1.165, 1.54) is 18.6 Å². The third-order valence-corrected chi connectivity index (χ3v) is 3.39. The molecule has 16 heavy (non-hydrogen) atoms. The zero-order valence-electron chi connectivity index (χ0n) is 9.63. The number of rotatable bonds is 4. The van der Waals surface area contributed by atoms with Gasteiger partial charge in [-0.3, -0.25) is 0 Å². The maximum Gasteiger partial charge on any atom is 0.128 e. The zero-order chi connectivity index (χ0) is 11.7. The van der Waals surface area contributed by atoms with Crippen molar-refractivity contribution in [3.05, 3.63) is 35.4 Å². The van der Waals surface area contributed by atoms with Crippen molar-refractivity contribution >= 4 is 0 Å². The first-order valence-corrected chi connectivity index (χ1v) is 5.76. The van der Waals surface area contributed by atoms with Crippen molar-refractivity contribution in [3.63, 3.8) is 0 Å². The minimum Gasteiger partial charge on any atom is -0.310 e. The molecule has 88 valence electrons. The summed E-state index contributed by atoms with van der Waals surface area (Å²) in [5.74, 6) is 0.756. The van der Waals surface area contributed by atoms with Crippen molar-refractivity contribution in [1.29, 1.82) is 0 Å². The Labute approximate surface area is 94.9 Å². The van der Waals surface area contributed by atoms with Crippen LogP contribution >= 0.6 is 0 Å². The summed E-state index contributed by atoms with van der Waals surface area (Å²) >= 11 is 0. The topological polar surface area (TPSA) is 12.0 Å². The van der Waals surface area contributed by atoms with Gasteiger partial charge in [0.15, 0.2) is 0 Å². The van der Waals surface area contributed by atoms with Gasteiger partial charge in [-0.15, -0.1) is 0 Å². The summed E-state index contributed by atoms with van der Waals surface area (Å²) in [7, 11) is 0. The monoisotopic (exact) mass is 225 g/mol. The van der Waals surface area contributed by atoms with E-state index in [2.05, 4.69) is 12.2 Å². The summed E-state index contributed by atoms with van der Waals surface area (Å²) in [5.41, 5.74) is 0.410. The highest BCUT2D eigenvalue weighted by atomic mass is 19.1. The quantitative estimate of drug-likeness (QED) is 0.829. The van der Waals surface area contributed by atoms with E-state index in [1.54, 1.807) is 0 Å². The number of hydrogen-bond acceptors (Lipinski definition) is 1. The van der Waals surface area contributed by atoms with Gasteiger partial charge in [-0.25, -0.2) is 8.78 Å². The van der Waals surface area contributed by atoms with Crippen LogP contribution in [0.5, 0.6) is 0 Å². The van der Waals surface area contributed by atoms with E-state index in [0.717, 1.165) is 18.5 Å². The Morgan fingerprint density at radius 2 is 2.12 bits per heavy atom. The molecule has 1 aromatic carbocycles. The number of halogens is 2. The average Bonchev–Trinajstić information content (AvgIpc) is 2.95.